The number of ether oxygens (including phenoxy) is 1. The molecule has 0 spiro atoms. The van der Waals surface area contributed by atoms with E-state index in [9.17, 15) is 9.59 Å². The molecule has 8 heteroatoms. The normalized spacial score (nSPS) is 16.7. The number of amides is 1. The maximum atomic E-state index is 12.6. The third-order valence-electron chi connectivity index (χ3n) is 5.03. The van der Waals surface area contributed by atoms with Crippen LogP contribution < -0.4 is 15.8 Å². The van der Waals surface area contributed by atoms with Gasteiger partial charge in [-0.3, -0.25) is 9.59 Å². The topological polar surface area (TPSA) is 76.5 Å². The maximum Gasteiger partial charge on any atom is 0.271 e. The Morgan fingerprint density at radius 1 is 1.33 bits per heavy atom. The van der Waals surface area contributed by atoms with Gasteiger partial charge in [-0.2, -0.15) is 4.68 Å². The van der Waals surface area contributed by atoms with Gasteiger partial charge < -0.3 is 15.0 Å². The summed E-state index contributed by atoms with van der Waals surface area (Å²) in [5.74, 6) is 0.642. The van der Waals surface area contributed by atoms with Crippen LogP contribution in [0, 0.1) is 5.92 Å². The van der Waals surface area contributed by atoms with Gasteiger partial charge in [0.2, 0.25) is 5.91 Å². The summed E-state index contributed by atoms with van der Waals surface area (Å²) in [7, 11) is 0. The number of carbonyl (C=O) groups excluding carboxylic acids is 1. The Morgan fingerprint density at radius 3 is 2.93 bits per heavy atom. The molecule has 1 aromatic heterocycles. The summed E-state index contributed by atoms with van der Waals surface area (Å²) in [5.41, 5.74) is 0.389. The van der Waals surface area contributed by atoms with Gasteiger partial charge in [-0.25, -0.2) is 0 Å². The molecule has 1 amide bonds. The number of hydrogen-bond acceptors (Lipinski definition) is 5. The molecule has 1 aromatic carbocycles. The fraction of sp³-hybridized carbons (Fsp3) is 0.500. The highest BCUT2D eigenvalue weighted by atomic mass is 35.5. The van der Waals surface area contributed by atoms with E-state index in [1.165, 1.54) is 10.7 Å². The molecule has 30 heavy (non-hydrogen) atoms. The van der Waals surface area contributed by atoms with Crippen LogP contribution in [0.1, 0.15) is 33.1 Å². The molecule has 1 fully saturated rings. The minimum Gasteiger partial charge on any atom is -0.379 e. The summed E-state index contributed by atoms with van der Waals surface area (Å²) in [5, 5.41) is 8.08. The molecule has 7 nitrogen and oxygen atoms in total. The lowest BCUT2D eigenvalue weighted by molar-refractivity contribution is -0.125. The van der Waals surface area contributed by atoms with Gasteiger partial charge >= 0.3 is 0 Å². The summed E-state index contributed by atoms with van der Waals surface area (Å²) in [6, 6.07) is 10.2. The van der Waals surface area contributed by atoms with E-state index in [1.807, 2.05) is 13.8 Å². The summed E-state index contributed by atoms with van der Waals surface area (Å²) < 4.78 is 6.85. The van der Waals surface area contributed by atoms with E-state index in [1.54, 1.807) is 30.3 Å². The minimum absolute atomic E-state index is 0.0624. The zero-order chi connectivity index (χ0) is 21.5. The van der Waals surface area contributed by atoms with Gasteiger partial charge in [-0.15, -0.1) is 5.10 Å². The Morgan fingerprint density at radius 2 is 2.17 bits per heavy atom. The third kappa shape index (κ3) is 6.06. The lowest BCUT2D eigenvalue weighted by atomic mass is 9.97. The molecule has 2 heterocycles. The van der Waals surface area contributed by atoms with E-state index in [0.29, 0.717) is 36.2 Å². The van der Waals surface area contributed by atoms with Crippen molar-refractivity contribution in [2.75, 3.05) is 31.1 Å². The second-order valence-corrected chi connectivity index (χ2v) is 8.21. The number of halogens is 1. The molecule has 1 aliphatic heterocycles. The van der Waals surface area contributed by atoms with Gasteiger partial charge in [-0.1, -0.05) is 17.7 Å². The fourth-order valence-corrected chi connectivity index (χ4v) is 3.69. The molecule has 1 N–H and O–H groups in total. The van der Waals surface area contributed by atoms with Gasteiger partial charge in [0.1, 0.15) is 5.82 Å². The first-order chi connectivity index (χ1) is 14.4. The molecule has 0 radical (unpaired) electrons. The lowest BCUT2D eigenvalue weighted by Crippen LogP contribution is -2.44. The van der Waals surface area contributed by atoms with Crippen molar-refractivity contribution in [2.24, 2.45) is 5.92 Å². The molecule has 1 atom stereocenters. The number of aromatic nitrogens is 2. The maximum absolute atomic E-state index is 12.6. The zero-order valence-electron chi connectivity index (χ0n) is 17.5. The van der Waals surface area contributed by atoms with Crippen LogP contribution in [-0.2, 0) is 9.53 Å². The van der Waals surface area contributed by atoms with Crippen LogP contribution in [0.3, 0.4) is 0 Å². The standard InChI is InChI=1S/C22H29ClN4O3/c1-16(2)30-13-5-11-24-22(29)17-6-4-12-26(15-17)20-9-10-21(28)27(25-20)19-8-3-7-18(23)14-19/h3,7-10,14,16-17H,4-6,11-13,15H2,1-2H3,(H,24,29)/t17-/m1/s1. The van der Waals surface area contributed by atoms with Crippen molar-refractivity contribution in [3.8, 4) is 5.69 Å². The minimum atomic E-state index is -0.226. The fourth-order valence-electron chi connectivity index (χ4n) is 3.51. The highest BCUT2D eigenvalue weighted by Gasteiger charge is 2.26. The van der Waals surface area contributed by atoms with E-state index >= 15 is 0 Å². The first-order valence-electron chi connectivity index (χ1n) is 10.4. The summed E-state index contributed by atoms with van der Waals surface area (Å²) >= 11 is 6.06. The Hall–Kier alpha value is -2.38. The number of nitrogens with zero attached hydrogens (tertiary/aromatic N) is 3. The number of nitrogens with one attached hydrogen (secondary N) is 1. The Kier molecular flexibility index (Phi) is 7.87. The molecular weight excluding hydrogens is 404 g/mol. The quantitative estimate of drug-likeness (QED) is 0.649. The van der Waals surface area contributed by atoms with Gasteiger partial charge in [0.05, 0.1) is 17.7 Å². The number of rotatable bonds is 8. The number of benzene rings is 1. The van der Waals surface area contributed by atoms with Crippen LogP contribution in [-0.4, -0.2) is 48.0 Å². The van der Waals surface area contributed by atoms with Crippen molar-refractivity contribution in [3.05, 3.63) is 51.8 Å². The highest BCUT2D eigenvalue weighted by Crippen LogP contribution is 2.22. The second kappa shape index (κ2) is 10.6. The number of anilines is 1. The van der Waals surface area contributed by atoms with Crippen LogP contribution >= 0.6 is 11.6 Å². The van der Waals surface area contributed by atoms with Crippen LogP contribution in [0.25, 0.3) is 5.69 Å². The SMILES string of the molecule is CC(C)OCCCNC(=O)[C@@H]1CCCN(c2ccc(=O)n(-c3cccc(Cl)c3)n2)C1. The first kappa shape index (κ1) is 22.3. The van der Waals surface area contributed by atoms with Crippen LogP contribution in [0.2, 0.25) is 5.02 Å². The van der Waals surface area contributed by atoms with Gasteiger partial charge in [0.15, 0.2) is 0 Å². The van der Waals surface area contributed by atoms with Crippen LogP contribution in [0.4, 0.5) is 5.82 Å². The smallest absolute Gasteiger partial charge is 0.271 e. The van der Waals surface area contributed by atoms with Crippen LogP contribution in [0.5, 0.6) is 0 Å². The molecule has 162 valence electrons. The van der Waals surface area contributed by atoms with Crippen molar-refractivity contribution in [3.63, 3.8) is 0 Å². The summed E-state index contributed by atoms with van der Waals surface area (Å²) in [6.07, 6.45) is 2.74. The molecule has 0 saturated carbocycles. The molecule has 0 bridgehead atoms. The molecular formula is C22H29ClN4O3. The Balaban J connectivity index is 1.63. The molecule has 0 aliphatic carbocycles. The predicted octanol–water partition coefficient (Wildman–Crippen LogP) is 3.03. The number of piperidine rings is 1. The highest BCUT2D eigenvalue weighted by molar-refractivity contribution is 6.30. The second-order valence-electron chi connectivity index (χ2n) is 7.77. The van der Waals surface area contributed by atoms with Crippen molar-refractivity contribution in [2.45, 2.75) is 39.2 Å². The molecule has 1 saturated heterocycles. The van der Waals surface area contributed by atoms with Crippen LogP contribution in [0.15, 0.2) is 41.2 Å². The van der Waals surface area contributed by atoms with Gasteiger partial charge in [-0.05, 0) is 57.4 Å². The Bertz CT molecular complexity index is 915. The Labute approximate surface area is 182 Å². The zero-order valence-corrected chi connectivity index (χ0v) is 18.3. The van der Waals surface area contributed by atoms with E-state index in [-0.39, 0.29) is 23.5 Å². The lowest BCUT2D eigenvalue weighted by Gasteiger charge is -2.33. The van der Waals surface area contributed by atoms with E-state index < -0.39 is 0 Å². The number of carbonyl (C=O) groups is 1. The number of hydrogen-bond donors (Lipinski definition) is 1. The average molecular weight is 433 g/mol. The monoisotopic (exact) mass is 432 g/mol. The van der Waals surface area contributed by atoms with Crippen molar-refractivity contribution in [1.29, 1.82) is 0 Å². The average Bonchev–Trinajstić information content (AvgIpc) is 2.73. The summed E-state index contributed by atoms with van der Waals surface area (Å²) in [4.78, 5) is 27.0. The molecule has 3 rings (SSSR count). The largest absolute Gasteiger partial charge is 0.379 e. The van der Waals surface area contributed by atoms with E-state index in [0.717, 1.165) is 25.8 Å². The van der Waals surface area contributed by atoms with Gasteiger partial charge in [0, 0.05) is 37.3 Å². The van der Waals surface area contributed by atoms with Crippen molar-refractivity contribution >= 4 is 23.3 Å². The molecule has 0 unspecified atom stereocenters. The van der Waals surface area contributed by atoms with E-state index in [2.05, 4.69) is 15.3 Å². The summed E-state index contributed by atoms with van der Waals surface area (Å²) in [6.45, 7) is 6.63. The van der Waals surface area contributed by atoms with Gasteiger partial charge in [0.25, 0.3) is 5.56 Å². The molecule has 1 aliphatic rings. The van der Waals surface area contributed by atoms with Crippen molar-refractivity contribution in [1.82, 2.24) is 15.1 Å². The van der Waals surface area contributed by atoms with E-state index in [4.69, 9.17) is 16.3 Å². The third-order valence-corrected chi connectivity index (χ3v) is 5.26. The van der Waals surface area contributed by atoms with Crippen molar-refractivity contribution < 1.29 is 9.53 Å². The first-order valence-corrected chi connectivity index (χ1v) is 10.8. The molecule has 2 aromatic rings. The predicted molar refractivity (Wildman–Crippen MR) is 118 cm³/mol.